The highest BCUT2D eigenvalue weighted by Gasteiger charge is 2.36. The third-order valence-corrected chi connectivity index (χ3v) is 3.10. The van der Waals surface area contributed by atoms with E-state index in [1.165, 1.54) is 19.6 Å². The van der Waals surface area contributed by atoms with Crippen molar-refractivity contribution in [1.29, 1.82) is 0 Å². The van der Waals surface area contributed by atoms with Crippen LogP contribution in [0.3, 0.4) is 0 Å². The minimum atomic E-state index is -0.217. The molecule has 4 heteroatoms. The van der Waals surface area contributed by atoms with Gasteiger partial charge in [-0.3, -0.25) is 9.63 Å². The largest absolute Gasteiger partial charge is 0.461 e. The summed E-state index contributed by atoms with van der Waals surface area (Å²) in [5.74, 6) is 2.79. The van der Waals surface area contributed by atoms with Crippen molar-refractivity contribution >= 4 is 12.0 Å². The molecule has 0 aromatic carbocycles. The molecule has 0 bridgehead atoms. The molecule has 0 spiro atoms. The van der Waals surface area contributed by atoms with Gasteiger partial charge in [-0.05, 0) is 30.5 Å². The molecule has 1 fully saturated rings. The lowest BCUT2D eigenvalue weighted by Gasteiger charge is -2.09. The van der Waals surface area contributed by atoms with E-state index in [9.17, 15) is 4.79 Å². The number of hydrogen-bond donors (Lipinski definition) is 0. The van der Waals surface area contributed by atoms with Crippen molar-refractivity contribution in [2.45, 2.75) is 19.3 Å². The molecular formula is C13H17NO3. The Kier molecular flexibility index (Phi) is 3.33. The summed E-state index contributed by atoms with van der Waals surface area (Å²) in [6.45, 7) is 2.21. The number of nitrogens with zero attached hydrogens (tertiary/aromatic N) is 1. The Labute approximate surface area is 101 Å². The molecule has 2 rings (SSSR count). The highest BCUT2D eigenvalue weighted by Crippen LogP contribution is 2.47. The standard InChI is InChI=1S/C13H17NO3/c1-9-8-11(9)12-6-4-10(17-12)5-7-13(15)14(2)16-3/h4-7,9,11H,8H2,1-3H3/b7-5+. The van der Waals surface area contributed by atoms with Gasteiger partial charge in [0.05, 0.1) is 7.11 Å². The highest BCUT2D eigenvalue weighted by molar-refractivity contribution is 5.90. The molecular weight excluding hydrogens is 218 g/mol. The molecule has 0 radical (unpaired) electrons. The minimum Gasteiger partial charge on any atom is -0.461 e. The first kappa shape index (κ1) is 11.9. The molecule has 1 aromatic heterocycles. The van der Waals surface area contributed by atoms with Crippen molar-refractivity contribution in [3.8, 4) is 0 Å². The summed E-state index contributed by atoms with van der Waals surface area (Å²) in [6, 6.07) is 3.87. The number of hydroxylamine groups is 2. The Bertz CT molecular complexity index is 436. The van der Waals surface area contributed by atoms with Crippen LogP contribution in [0.1, 0.15) is 30.8 Å². The molecule has 0 aliphatic heterocycles. The summed E-state index contributed by atoms with van der Waals surface area (Å²) in [6.07, 6.45) is 4.29. The second-order valence-electron chi connectivity index (χ2n) is 4.41. The minimum absolute atomic E-state index is 0.217. The Hall–Kier alpha value is -1.55. The van der Waals surface area contributed by atoms with Gasteiger partial charge in [-0.25, -0.2) is 5.06 Å². The number of carbonyl (C=O) groups excluding carboxylic acids is 1. The number of furan rings is 1. The predicted octanol–water partition coefficient (Wildman–Crippen LogP) is 2.44. The van der Waals surface area contributed by atoms with Crippen LogP contribution >= 0.6 is 0 Å². The topological polar surface area (TPSA) is 42.7 Å². The Morgan fingerprint density at radius 2 is 2.29 bits per heavy atom. The summed E-state index contributed by atoms with van der Waals surface area (Å²) in [5, 5.41) is 1.16. The molecule has 4 nitrogen and oxygen atoms in total. The normalized spacial score (nSPS) is 23.0. The van der Waals surface area contributed by atoms with Crippen molar-refractivity contribution in [1.82, 2.24) is 5.06 Å². The summed E-state index contributed by atoms with van der Waals surface area (Å²) in [7, 11) is 3.01. The maximum atomic E-state index is 11.4. The van der Waals surface area contributed by atoms with E-state index in [1.54, 1.807) is 13.1 Å². The van der Waals surface area contributed by atoms with E-state index in [0.717, 1.165) is 16.7 Å². The van der Waals surface area contributed by atoms with Gasteiger partial charge in [0.2, 0.25) is 0 Å². The third-order valence-electron chi connectivity index (χ3n) is 3.10. The van der Waals surface area contributed by atoms with Gasteiger partial charge in [-0.2, -0.15) is 0 Å². The van der Waals surface area contributed by atoms with Crippen LogP contribution in [0.5, 0.6) is 0 Å². The summed E-state index contributed by atoms with van der Waals surface area (Å²) >= 11 is 0. The molecule has 1 aliphatic rings. The molecule has 1 amide bonds. The van der Waals surface area contributed by atoms with Gasteiger partial charge in [0, 0.05) is 19.0 Å². The number of carbonyl (C=O) groups is 1. The van der Waals surface area contributed by atoms with Crippen molar-refractivity contribution < 1.29 is 14.0 Å². The molecule has 1 saturated carbocycles. The van der Waals surface area contributed by atoms with E-state index >= 15 is 0 Å². The fourth-order valence-corrected chi connectivity index (χ4v) is 1.72. The van der Waals surface area contributed by atoms with Gasteiger partial charge in [-0.15, -0.1) is 0 Å². The Balaban J connectivity index is 1.97. The molecule has 0 N–H and O–H groups in total. The van der Waals surface area contributed by atoms with Crippen molar-refractivity contribution in [3.05, 3.63) is 29.7 Å². The number of rotatable bonds is 4. The van der Waals surface area contributed by atoms with Gasteiger partial charge in [0.1, 0.15) is 11.5 Å². The maximum Gasteiger partial charge on any atom is 0.269 e. The summed E-state index contributed by atoms with van der Waals surface area (Å²) < 4.78 is 5.64. The van der Waals surface area contributed by atoms with Gasteiger partial charge >= 0.3 is 0 Å². The van der Waals surface area contributed by atoms with E-state index < -0.39 is 0 Å². The zero-order chi connectivity index (χ0) is 12.4. The van der Waals surface area contributed by atoms with Crippen LogP contribution in [-0.4, -0.2) is 25.1 Å². The fraction of sp³-hybridized carbons (Fsp3) is 0.462. The molecule has 17 heavy (non-hydrogen) atoms. The molecule has 92 valence electrons. The SMILES string of the molecule is CON(C)C(=O)/C=C/c1ccc(C2CC2C)o1. The number of amides is 1. The van der Waals surface area contributed by atoms with Gasteiger partial charge < -0.3 is 4.42 Å². The zero-order valence-corrected chi connectivity index (χ0v) is 10.3. The lowest BCUT2D eigenvalue weighted by atomic mass is 10.3. The summed E-state index contributed by atoms with van der Waals surface area (Å²) in [4.78, 5) is 16.2. The average molecular weight is 235 g/mol. The lowest BCUT2D eigenvalue weighted by molar-refractivity contribution is -0.162. The first-order valence-corrected chi connectivity index (χ1v) is 5.71. The molecule has 0 saturated heterocycles. The second kappa shape index (κ2) is 4.75. The van der Waals surface area contributed by atoms with Crippen LogP contribution in [-0.2, 0) is 9.63 Å². The van der Waals surface area contributed by atoms with E-state index in [1.807, 2.05) is 12.1 Å². The van der Waals surface area contributed by atoms with Crippen molar-refractivity contribution in [3.63, 3.8) is 0 Å². The lowest BCUT2D eigenvalue weighted by Crippen LogP contribution is -2.22. The van der Waals surface area contributed by atoms with Crippen LogP contribution in [0.4, 0.5) is 0 Å². The maximum absolute atomic E-state index is 11.4. The van der Waals surface area contributed by atoms with E-state index in [-0.39, 0.29) is 5.91 Å². The van der Waals surface area contributed by atoms with Crippen LogP contribution < -0.4 is 0 Å². The van der Waals surface area contributed by atoms with E-state index in [4.69, 9.17) is 9.25 Å². The van der Waals surface area contributed by atoms with Crippen LogP contribution in [0.2, 0.25) is 0 Å². The van der Waals surface area contributed by atoms with Crippen molar-refractivity contribution in [2.75, 3.05) is 14.2 Å². The second-order valence-corrected chi connectivity index (χ2v) is 4.41. The van der Waals surface area contributed by atoms with Gasteiger partial charge in [0.25, 0.3) is 5.91 Å². The molecule has 1 aliphatic carbocycles. The number of likely N-dealkylation sites (N-methyl/N-ethyl adjacent to an activating group) is 1. The Morgan fingerprint density at radius 3 is 2.88 bits per heavy atom. The Morgan fingerprint density at radius 1 is 1.59 bits per heavy atom. The first-order valence-electron chi connectivity index (χ1n) is 5.71. The predicted molar refractivity (Wildman–Crippen MR) is 64.0 cm³/mol. The fourth-order valence-electron chi connectivity index (χ4n) is 1.72. The number of hydrogen-bond acceptors (Lipinski definition) is 3. The highest BCUT2D eigenvalue weighted by atomic mass is 16.7. The van der Waals surface area contributed by atoms with E-state index in [2.05, 4.69) is 6.92 Å². The average Bonchev–Trinajstić information content (AvgIpc) is 2.89. The quantitative estimate of drug-likeness (QED) is 0.594. The van der Waals surface area contributed by atoms with Crippen molar-refractivity contribution in [2.24, 2.45) is 5.92 Å². The third kappa shape index (κ3) is 2.77. The van der Waals surface area contributed by atoms with E-state index in [0.29, 0.717) is 11.7 Å². The molecule has 2 atom stereocenters. The van der Waals surface area contributed by atoms with Crippen LogP contribution in [0.25, 0.3) is 6.08 Å². The summed E-state index contributed by atoms with van der Waals surface area (Å²) in [5.41, 5.74) is 0. The smallest absolute Gasteiger partial charge is 0.269 e. The molecule has 2 unspecified atom stereocenters. The molecule has 1 heterocycles. The zero-order valence-electron chi connectivity index (χ0n) is 10.3. The van der Waals surface area contributed by atoms with Crippen LogP contribution in [0, 0.1) is 5.92 Å². The van der Waals surface area contributed by atoms with Crippen LogP contribution in [0.15, 0.2) is 22.6 Å². The van der Waals surface area contributed by atoms with Gasteiger partial charge in [0.15, 0.2) is 0 Å². The van der Waals surface area contributed by atoms with Gasteiger partial charge in [-0.1, -0.05) is 6.92 Å². The molecule has 1 aromatic rings. The monoisotopic (exact) mass is 235 g/mol. The first-order chi connectivity index (χ1) is 8.11.